The quantitative estimate of drug-likeness (QED) is 0.605. The second-order valence-corrected chi connectivity index (χ2v) is 10.8. The maximum absolute atomic E-state index is 11.8. The molecule has 180 valence electrons. The highest BCUT2D eigenvalue weighted by atomic mass is 32.2. The molecule has 2 amide bonds. The Morgan fingerprint density at radius 2 is 1.91 bits per heavy atom. The highest BCUT2D eigenvalue weighted by Gasteiger charge is 2.45. The zero-order chi connectivity index (χ0) is 23.1. The van der Waals surface area contributed by atoms with E-state index in [9.17, 15) is 4.79 Å². The molecule has 6 rings (SSSR count). The summed E-state index contributed by atoms with van der Waals surface area (Å²) < 4.78 is 8.34. The number of nitrogens with zero attached hydrogens (tertiary/aromatic N) is 4. The van der Waals surface area contributed by atoms with Gasteiger partial charge in [0.2, 0.25) is 0 Å². The first-order valence-electron chi connectivity index (χ1n) is 12.5. The van der Waals surface area contributed by atoms with E-state index >= 15 is 0 Å². The third-order valence-corrected chi connectivity index (χ3v) is 8.62. The molecule has 2 saturated heterocycles. The van der Waals surface area contributed by atoms with Crippen LogP contribution in [0.1, 0.15) is 49.9 Å². The number of anilines is 2. The molecule has 3 aliphatic heterocycles. The van der Waals surface area contributed by atoms with Crippen LogP contribution < -0.4 is 15.5 Å². The van der Waals surface area contributed by atoms with Gasteiger partial charge in [-0.2, -0.15) is 0 Å². The van der Waals surface area contributed by atoms with Gasteiger partial charge in [-0.15, -0.1) is 0 Å². The molecule has 2 unspecified atom stereocenters. The number of benzene rings is 1. The molecule has 4 heterocycles. The summed E-state index contributed by atoms with van der Waals surface area (Å²) in [5, 5.41) is 6.42. The Balaban J connectivity index is 1.34. The minimum Gasteiger partial charge on any atom is -0.378 e. The smallest absolute Gasteiger partial charge is 0.319 e. The van der Waals surface area contributed by atoms with Gasteiger partial charge in [0.05, 0.1) is 24.9 Å². The molecule has 8 nitrogen and oxygen atoms in total. The van der Waals surface area contributed by atoms with Gasteiger partial charge >= 0.3 is 6.03 Å². The lowest BCUT2D eigenvalue weighted by Crippen LogP contribution is -2.40. The Labute approximate surface area is 205 Å². The van der Waals surface area contributed by atoms with Crippen LogP contribution in [0, 0.1) is 0 Å². The molecular weight excluding hydrogens is 448 g/mol. The maximum Gasteiger partial charge on any atom is 0.319 e. The number of carbonyl (C=O) groups excluding carboxylic acids is 1. The van der Waals surface area contributed by atoms with Crippen LogP contribution in [-0.2, 0) is 11.2 Å². The number of hydrogen-bond acceptors (Lipinski definition) is 7. The van der Waals surface area contributed by atoms with Crippen LogP contribution in [0.2, 0.25) is 0 Å². The molecule has 0 radical (unpaired) electrons. The predicted molar refractivity (Wildman–Crippen MR) is 135 cm³/mol. The molecule has 1 aromatic carbocycles. The van der Waals surface area contributed by atoms with Gasteiger partial charge in [-0.25, -0.2) is 19.1 Å². The Morgan fingerprint density at radius 3 is 2.65 bits per heavy atom. The van der Waals surface area contributed by atoms with Crippen LogP contribution in [0.3, 0.4) is 0 Å². The summed E-state index contributed by atoms with van der Waals surface area (Å²) in [4.78, 5) is 24.5. The first-order chi connectivity index (χ1) is 16.7. The minimum absolute atomic E-state index is 0.195. The van der Waals surface area contributed by atoms with Crippen LogP contribution in [0.4, 0.5) is 16.3 Å². The molecule has 2 N–H and O–H groups in total. The topological polar surface area (TPSA) is 82.6 Å². The molecule has 2 atom stereocenters. The average molecular weight is 481 g/mol. The van der Waals surface area contributed by atoms with Gasteiger partial charge in [-0.1, -0.05) is 11.9 Å². The van der Waals surface area contributed by atoms with Gasteiger partial charge in [-0.05, 0) is 56.9 Å². The highest BCUT2D eigenvalue weighted by molar-refractivity contribution is 7.97. The van der Waals surface area contributed by atoms with Gasteiger partial charge in [0.15, 0.2) is 5.82 Å². The molecular formula is C25H32N6O2S. The summed E-state index contributed by atoms with van der Waals surface area (Å²) in [6.07, 6.45) is 6.13. The summed E-state index contributed by atoms with van der Waals surface area (Å²) >= 11 is 2.09. The fraction of sp³-hybridized carbons (Fsp3) is 0.560. The van der Waals surface area contributed by atoms with Gasteiger partial charge in [-0.3, -0.25) is 0 Å². The zero-order valence-corrected chi connectivity index (χ0v) is 20.4. The molecule has 9 heteroatoms. The lowest BCUT2D eigenvalue weighted by atomic mass is 9.99. The third-order valence-electron chi connectivity index (χ3n) is 7.05. The van der Waals surface area contributed by atoms with Crippen molar-refractivity contribution < 1.29 is 9.53 Å². The van der Waals surface area contributed by atoms with E-state index in [-0.39, 0.29) is 6.03 Å². The number of urea groups is 1. The van der Waals surface area contributed by atoms with E-state index in [1.807, 2.05) is 31.2 Å². The summed E-state index contributed by atoms with van der Waals surface area (Å²) in [6, 6.07) is 8.62. The second kappa shape index (κ2) is 9.36. The van der Waals surface area contributed by atoms with Gasteiger partial charge in [0.25, 0.3) is 0 Å². The molecule has 4 aliphatic rings. The first-order valence-corrected chi connectivity index (χ1v) is 13.4. The monoisotopic (exact) mass is 480 g/mol. The van der Waals surface area contributed by atoms with Crippen molar-refractivity contribution in [2.75, 3.05) is 43.1 Å². The van der Waals surface area contributed by atoms with Crippen molar-refractivity contribution in [3.05, 3.63) is 35.5 Å². The summed E-state index contributed by atoms with van der Waals surface area (Å²) in [5.74, 6) is 1.87. The number of rotatable bonds is 6. The molecule has 1 aliphatic carbocycles. The number of amides is 2. The molecule has 1 saturated carbocycles. The van der Waals surface area contributed by atoms with Crippen LogP contribution in [0.15, 0.2) is 24.3 Å². The third kappa shape index (κ3) is 4.36. The van der Waals surface area contributed by atoms with Crippen molar-refractivity contribution in [3.63, 3.8) is 0 Å². The fourth-order valence-corrected chi connectivity index (χ4v) is 6.64. The van der Waals surface area contributed by atoms with E-state index in [4.69, 9.17) is 14.7 Å². The van der Waals surface area contributed by atoms with E-state index in [1.54, 1.807) is 0 Å². The Kier molecular flexibility index (Phi) is 6.09. The predicted octanol–water partition coefficient (Wildman–Crippen LogP) is 3.99. The van der Waals surface area contributed by atoms with Gasteiger partial charge < -0.3 is 20.3 Å². The van der Waals surface area contributed by atoms with E-state index in [1.165, 1.54) is 36.9 Å². The number of hydrogen-bond donors (Lipinski definition) is 2. The van der Waals surface area contributed by atoms with Crippen LogP contribution in [0.5, 0.6) is 0 Å². The molecule has 1 aromatic heterocycles. The zero-order valence-electron chi connectivity index (χ0n) is 19.6. The number of fused-ring (bicyclic) bond motifs is 4. The normalized spacial score (nSPS) is 24.1. The van der Waals surface area contributed by atoms with Crippen molar-refractivity contribution in [2.24, 2.45) is 0 Å². The molecule has 0 spiro atoms. The highest BCUT2D eigenvalue weighted by Crippen LogP contribution is 2.53. The Hall–Kier alpha value is -2.36. The van der Waals surface area contributed by atoms with E-state index in [2.05, 4.69) is 31.8 Å². The minimum atomic E-state index is -0.195. The van der Waals surface area contributed by atoms with Crippen LogP contribution >= 0.6 is 11.9 Å². The first kappa shape index (κ1) is 22.1. The Morgan fingerprint density at radius 1 is 1.12 bits per heavy atom. The summed E-state index contributed by atoms with van der Waals surface area (Å²) in [5.41, 5.74) is 4.30. The van der Waals surface area contributed by atoms with Gasteiger partial charge in [0.1, 0.15) is 5.82 Å². The molecule has 2 bridgehead atoms. The standard InChI is InChI=1S/C25H32N6O2S/c1-2-26-25(32)27-17-5-3-16(4-6-17)23-28-20-15-18-7-10-21(31(18)34-19-8-9-19)22(20)24(29-23)30-11-13-33-14-12-30/h3-6,18-19,21H,2,7-15H2,1H3,(H2,26,27,32). The van der Waals surface area contributed by atoms with Crippen LogP contribution in [0.25, 0.3) is 11.4 Å². The number of ether oxygens (including phenoxy) is 1. The second-order valence-electron chi connectivity index (χ2n) is 9.51. The van der Waals surface area contributed by atoms with E-state index in [0.29, 0.717) is 18.6 Å². The van der Waals surface area contributed by atoms with E-state index < -0.39 is 0 Å². The van der Waals surface area contributed by atoms with Crippen molar-refractivity contribution in [3.8, 4) is 11.4 Å². The maximum atomic E-state index is 11.8. The number of morpholine rings is 1. The lowest BCUT2D eigenvalue weighted by molar-refractivity contribution is 0.122. The van der Waals surface area contributed by atoms with Crippen molar-refractivity contribution in [1.29, 1.82) is 0 Å². The fourth-order valence-electron chi connectivity index (χ4n) is 5.23. The summed E-state index contributed by atoms with van der Waals surface area (Å²) in [6.45, 7) is 5.70. The molecule has 3 fully saturated rings. The lowest BCUT2D eigenvalue weighted by Gasteiger charge is -2.38. The van der Waals surface area contributed by atoms with Crippen molar-refractivity contribution >= 4 is 29.5 Å². The average Bonchev–Trinajstić information content (AvgIpc) is 3.63. The molecule has 2 aromatic rings. The SMILES string of the molecule is CCNC(=O)Nc1ccc(-c2nc3c(c(N4CCOCC4)n2)C2CCC(C3)N2SC2CC2)cc1. The van der Waals surface area contributed by atoms with Crippen LogP contribution in [-0.4, -0.2) is 64.4 Å². The largest absolute Gasteiger partial charge is 0.378 e. The summed E-state index contributed by atoms with van der Waals surface area (Å²) in [7, 11) is 0. The van der Waals surface area contributed by atoms with Gasteiger partial charge in [0, 0.05) is 54.2 Å². The number of aromatic nitrogens is 2. The number of carbonyl (C=O) groups is 1. The molecule has 34 heavy (non-hydrogen) atoms. The van der Waals surface area contributed by atoms with Crippen molar-refractivity contribution in [2.45, 2.75) is 56.4 Å². The number of nitrogens with one attached hydrogen (secondary N) is 2. The Bertz CT molecular complexity index is 1050. The van der Waals surface area contributed by atoms with E-state index in [0.717, 1.165) is 60.9 Å². The van der Waals surface area contributed by atoms with Crippen molar-refractivity contribution in [1.82, 2.24) is 19.6 Å².